The number of carboxylic acids is 1. The number of likely N-dealkylation sites (N-methyl/N-ethyl adjacent to an activating group) is 1. The van der Waals surface area contributed by atoms with Gasteiger partial charge in [0, 0.05) is 0 Å². The number of carboxylic acid groups (broad SMARTS) is 1. The quantitative estimate of drug-likeness (QED) is 0.871. The summed E-state index contributed by atoms with van der Waals surface area (Å²) >= 11 is 0. The van der Waals surface area contributed by atoms with Gasteiger partial charge in [0.15, 0.2) is 9.84 Å². The highest BCUT2D eigenvalue weighted by Gasteiger charge is 2.40. The summed E-state index contributed by atoms with van der Waals surface area (Å²) in [6, 6.07) is 5.84. The molecular formula is C13H17NO5S. The molecule has 7 heteroatoms. The molecule has 0 amide bonds. The third kappa shape index (κ3) is 3.29. The summed E-state index contributed by atoms with van der Waals surface area (Å²) in [6.07, 6.45) is -0.487. The van der Waals surface area contributed by atoms with Crippen LogP contribution in [0, 0.1) is 0 Å². The van der Waals surface area contributed by atoms with E-state index < -0.39 is 21.9 Å². The van der Waals surface area contributed by atoms with Crippen LogP contribution in [0.25, 0.3) is 0 Å². The number of sulfone groups is 1. The zero-order chi connectivity index (χ0) is 14.9. The number of aromatic carboxylic acids is 1. The second-order valence-electron chi connectivity index (χ2n) is 5.10. The minimum atomic E-state index is -3.12. The maximum absolute atomic E-state index is 11.7. The Hall–Kier alpha value is -1.60. The van der Waals surface area contributed by atoms with Gasteiger partial charge in [0.2, 0.25) is 0 Å². The summed E-state index contributed by atoms with van der Waals surface area (Å²) < 4.78 is 29.1. The number of rotatable bonds is 4. The summed E-state index contributed by atoms with van der Waals surface area (Å²) in [5.41, 5.74) is 0.116. The van der Waals surface area contributed by atoms with Crippen LogP contribution in [0.15, 0.2) is 24.3 Å². The number of hydrogen-bond acceptors (Lipinski definition) is 5. The molecule has 110 valence electrons. The summed E-state index contributed by atoms with van der Waals surface area (Å²) in [5.74, 6) is -0.659. The molecule has 1 heterocycles. The maximum atomic E-state index is 11.7. The van der Waals surface area contributed by atoms with Crippen LogP contribution in [0.3, 0.4) is 0 Å². The standard InChI is InChI=1S/C13H17NO5S/c1-14(2)11-7-20(17,18)8-12(11)19-10-5-3-4-9(6-10)13(15)16/h3-6,11-12H,7-8H2,1-2H3,(H,15,16). The fourth-order valence-electron chi connectivity index (χ4n) is 2.27. The van der Waals surface area contributed by atoms with Gasteiger partial charge in [-0.05, 0) is 32.3 Å². The lowest BCUT2D eigenvalue weighted by molar-refractivity contribution is 0.0695. The Morgan fingerprint density at radius 2 is 2.05 bits per heavy atom. The SMILES string of the molecule is CN(C)C1CS(=O)(=O)CC1Oc1cccc(C(=O)O)c1. The van der Waals surface area contributed by atoms with Crippen molar-refractivity contribution >= 4 is 15.8 Å². The molecule has 0 aromatic heterocycles. The Balaban J connectivity index is 2.20. The lowest BCUT2D eigenvalue weighted by Crippen LogP contribution is -2.41. The lowest BCUT2D eigenvalue weighted by atomic mass is 10.2. The Kier molecular flexibility index (Phi) is 4.01. The number of nitrogens with zero attached hydrogens (tertiary/aromatic N) is 1. The van der Waals surface area contributed by atoms with Crippen LogP contribution in [-0.2, 0) is 9.84 Å². The number of benzene rings is 1. The fourth-order valence-corrected chi connectivity index (χ4v) is 4.23. The van der Waals surface area contributed by atoms with Gasteiger partial charge < -0.3 is 14.7 Å². The molecule has 0 saturated carbocycles. The van der Waals surface area contributed by atoms with E-state index in [2.05, 4.69) is 0 Å². The molecular weight excluding hydrogens is 282 g/mol. The Morgan fingerprint density at radius 1 is 1.35 bits per heavy atom. The van der Waals surface area contributed by atoms with E-state index in [4.69, 9.17) is 9.84 Å². The monoisotopic (exact) mass is 299 g/mol. The average Bonchev–Trinajstić information content (AvgIpc) is 2.65. The minimum absolute atomic E-state index is 0.0485. The molecule has 1 aromatic rings. The van der Waals surface area contributed by atoms with Gasteiger partial charge in [0.25, 0.3) is 0 Å². The molecule has 0 radical (unpaired) electrons. The van der Waals surface area contributed by atoms with Gasteiger partial charge in [-0.25, -0.2) is 13.2 Å². The van der Waals surface area contributed by atoms with Gasteiger partial charge in [-0.3, -0.25) is 0 Å². The van der Waals surface area contributed by atoms with Crippen molar-refractivity contribution in [2.75, 3.05) is 25.6 Å². The van der Waals surface area contributed by atoms with E-state index in [0.29, 0.717) is 5.75 Å². The van der Waals surface area contributed by atoms with Gasteiger partial charge >= 0.3 is 5.97 Å². The van der Waals surface area contributed by atoms with Crippen LogP contribution in [-0.4, -0.2) is 62.1 Å². The molecule has 1 aliphatic heterocycles. The van der Waals surface area contributed by atoms with Crippen LogP contribution in [0.2, 0.25) is 0 Å². The second kappa shape index (κ2) is 5.41. The molecule has 0 bridgehead atoms. The van der Waals surface area contributed by atoms with Crippen LogP contribution >= 0.6 is 0 Å². The molecule has 2 rings (SSSR count). The highest BCUT2D eigenvalue weighted by molar-refractivity contribution is 7.91. The molecule has 2 unspecified atom stereocenters. The van der Waals surface area contributed by atoms with Crippen molar-refractivity contribution in [3.8, 4) is 5.75 Å². The molecule has 6 nitrogen and oxygen atoms in total. The topological polar surface area (TPSA) is 83.9 Å². The van der Waals surface area contributed by atoms with Crippen LogP contribution in [0.5, 0.6) is 5.75 Å². The summed E-state index contributed by atoms with van der Waals surface area (Å²) in [6.45, 7) is 0. The zero-order valence-corrected chi connectivity index (χ0v) is 12.1. The summed E-state index contributed by atoms with van der Waals surface area (Å²) in [4.78, 5) is 12.7. The van der Waals surface area contributed by atoms with Gasteiger partial charge in [-0.1, -0.05) is 6.07 Å². The normalized spacial score (nSPS) is 24.8. The van der Waals surface area contributed by atoms with Gasteiger partial charge in [0.05, 0.1) is 23.1 Å². The number of hydrogen-bond donors (Lipinski definition) is 1. The minimum Gasteiger partial charge on any atom is -0.488 e. The largest absolute Gasteiger partial charge is 0.488 e. The molecule has 2 atom stereocenters. The molecule has 1 aliphatic rings. The highest BCUT2D eigenvalue weighted by Crippen LogP contribution is 2.23. The van der Waals surface area contributed by atoms with Crippen LogP contribution in [0.4, 0.5) is 0 Å². The summed E-state index contributed by atoms with van der Waals surface area (Å²) in [5, 5.41) is 8.93. The molecule has 1 N–H and O–H groups in total. The zero-order valence-electron chi connectivity index (χ0n) is 11.3. The van der Waals surface area contributed by atoms with Crippen LogP contribution < -0.4 is 4.74 Å². The van der Waals surface area contributed by atoms with Crippen molar-refractivity contribution in [3.63, 3.8) is 0 Å². The average molecular weight is 299 g/mol. The van der Waals surface area contributed by atoms with Crippen molar-refractivity contribution in [1.29, 1.82) is 0 Å². The molecule has 0 aliphatic carbocycles. The first-order chi connectivity index (χ1) is 9.28. The smallest absolute Gasteiger partial charge is 0.335 e. The van der Waals surface area contributed by atoms with E-state index in [1.807, 2.05) is 4.90 Å². The first-order valence-corrected chi connectivity index (χ1v) is 7.97. The Morgan fingerprint density at radius 3 is 2.65 bits per heavy atom. The molecule has 1 saturated heterocycles. The first kappa shape index (κ1) is 14.8. The van der Waals surface area contributed by atoms with Gasteiger partial charge in [-0.2, -0.15) is 0 Å². The van der Waals surface area contributed by atoms with E-state index in [-0.39, 0.29) is 23.1 Å². The van der Waals surface area contributed by atoms with Gasteiger partial charge in [0.1, 0.15) is 11.9 Å². The second-order valence-corrected chi connectivity index (χ2v) is 7.25. The van der Waals surface area contributed by atoms with E-state index in [1.54, 1.807) is 26.2 Å². The third-order valence-electron chi connectivity index (χ3n) is 3.30. The van der Waals surface area contributed by atoms with Crippen molar-refractivity contribution in [3.05, 3.63) is 29.8 Å². The molecule has 1 aromatic carbocycles. The maximum Gasteiger partial charge on any atom is 0.335 e. The Bertz CT molecular complexity index is 611. The van der Waals surface area contributed by atoms with Gasteiger partial charge in [-0.15, -0.1) is 0 Å². The van der Waals surface area contributed by atoms with E-state index >= 15 is 0 Å². The third-order valence-corrected chi connectivity index (χ3v) is 4.99. The van der Waals surface area contributed by atoms with Crippen molar-refractivity contribution in [1.82, 2.24) is 4.90 Å². The predicted octanol–water partition coefficient (Wildman–Crippen LogP) is 0.491. The number of carbonyl (C=O) groups is 1. The van der Waals surface area contributed by atoms with Crippen molar-refractivity contribution < 1.29 is 23.1 Å². The fraction of sp³-hybridized carbons (Fsp3) is 0.462. The van der Waals surface area contributed by atoms with E-state index in [1.165, 1.54) is 12.1 Å². The lowest BCUT2D eigenvalue weighted by Gasteiger charge is -2.25. The van der Waals surface area contributed by atoms with Crippen molar-refractivity contribution in [2.24, 2.45) is 0 Å². The molecule has 20 heavy (non-hydrogen) atoms. The van der Waals surface area contributed by atoms with E-state index in [0.717, 1.165) is 0 Å². The predicted molar refractivity (Wildman–Crippen MR) is 73.9 cm³/mol. The first-order valence-electron chi connectivity index (χ1n) is 6.15. The number of ether oxygens (including phenoxy) is 1. The molecule has 1 fully saturated rings. The van der Waals surface area contributed by atoms with Crippen molar-refractivity contribution in [2.45, 2.75) is 12.1 Å². The Labute approximate surface area is 117 Å². The molecule has 0 spiro atoms. The summed E-state index contributed by atoms with van der Waals surface area (Å²) in [7, 11) is 0.483. The highest BCUT2D eigenvalue weighted by atomic mass is 32.2. The van der Waals surface area contributed by atoms with Crippen LogP contribution in [0.1, 0.15) is 10.4 Å². The van der Waals surface area contributed by atoms with E-state index in [9.17, 15) is 13.2 Å².